The summed E-state index contributed by atoms with van der Waals surface area (Å²) in [5, 5.41) is 5.50. The highest BCUT2D eigenvalue weighted by molar-refractivity contribution is 6.07. The van der Waals surface area contributed by atoms with Crippen molar-refractivity contribution in [1.29, 1.82) is 0 Å². The minimum absolute atomic E-state index is 0. The molecular weight excluding hydrogens is 580 g/mol. The standard InChI is InChI=1S/C34H34N4O5.ClH/c1-22-13-18-27(36-34(35)38-33(40)26-19-29(41-2)31(43-4)30(20-26)42-3)21-28(22)37-32(39)25-16-14-24(15-17-25)12-8-11-23-9-6-5-7-10-23;/h5-11,13-21H,12H2,1-4H3,(H,37,39)(H3,35,36,38,40);1H. The van der Waals surface area contributed by atoms with Crippen molar-refractivity contribution in [1.82, 2.24) is 5.32 Å². The third kappa shape index (κ3) is 8.62. The fourth-order valence-corrected chi connectivity index (χ4v) is 4.26. The molecule has 0 aromatic heterocycles. The first-order valence-electron chi connectivity index (χ1n) is 13.5. The quantitative estimate of drug-likeness (QED) is 0.142. The van der Waals surface area contributed by atoms with Crippen LogP contribution < -0.4 is 30.6 Å². The summed E-state index contributed by atoms with van der Waals surface area (Å²) >= 11 is 0. The zero-order chi connectivity index (χ0) is 30.8. The zero-order valence-corrected chi connectivity index (χ0v) is 25.7. The van der Waals surface area contributed by atoms with Crippen molar-refractivity contribution in [2.24, 2.45) is 10.7 Å². The zero-order valence-electron chi connectivity index (χ0n) is 24.9. The lowest BCUT2D eigenvalue weighted by atomic mass is 10.1. The summed E-state index contributed by atoms with van der Waals surface area (Å²) in [6.07, 6.45) is 4.93. The van der Waals surface area contributed by atoms with Gasteiger partial charge in [0.1, 0.15) is 0 Å². The molecule has 4 N–H and O–H groups in total. The van der Waals surface area contributed by atoms with E-state index in [1.54, 1.807) is 24.3 Å². The van der Waals surface area contributed by atoms with E-state index >= 15 is 0 Å². The Morgan fingerprint density at radius 2 is 1.48 bits per heavy atom. The molecular formula is C34H35ClN4O5. The molecule has 4 aromatic rings. The molecule has 9 nitrogen and oxygen atoms in total. The van der Waals surface area contributed by atoms with Gasteiger partial charge in [-0.05, 0) is 66.4 Å². The molecule has 0 saturated carbocycles. The number of nitrogens with two attached hydrogens (primary N) is 1. The molecule has 44 heavy (non-hydrogen) atoms. The van der Waals surface area contributed by atoms with Crippen molar-refractivity contribution >= 4 is 47.6 Å². The fourth-order valence-electron chi connectivity index (χ4n) is 4.26. The molecule has 0 bridgehead atoms. The van der Waals surface area contributed by atoms with Crippen LogP contribution in [0.15, 0.2) is 96.0 Å². The number of aliphatic imine (C=N–C) groups is 1. The van der Waals surface area contributed by atoms with Gasteiger partial charge in [-0.2, -0.15) is 0 Å². The van der Waals surface area contributed by atoms with Gasteiger partial charge in [0.15, 0.2) is 11.5 Å². The Kier molecular flexibility index (Phi) is 11.9. The van der Waals surface area contributed by atoms with Gasteiger partial charge in [0.05, 0.1) is 27.0 Å². The van der Waals surface area contributed by atoms with Gasteiger partial charge in [-0.15, -0.1) is 12.4 Å². The van der Waals surface area contributed by atoms with Crippen molar-refractivity contribution in [3.8, 4) is 17.2 Å². The van der Waals surface area contributed by atoms with Crippen LogP contribution in [0.25, 0.3) is 6.08 Å². The number of guanidine groups is 1. The van der Waals surface area contributed by atoms with Gasteiger partial charge >= 0.3 is 0 Å². The molecule has 2 amide bonds. The largest absolute Gasteiger partial charge is 0.493 e. The molecule has 4 aromatic carbocycles. The summed E-state index contributed by atoms with van der Waals surface area (Å²) in [5.41, 5.74) is 10.9. The van der Waals surface area contributed by atoms with Crippen LogP contribution in [0, 0.1) is 6.92 Å². The lowest BCUT2D eigenvalue weighted by Crippen LogP contribution is -2.36. The number of methoxy groups -OCH3 is 3. The third-order valence-electron chi connectivity index (χ3n) is 6.57. The normalized spacial score (nSPS) is 11.0. The van der Waals surface area contributed by atoms with Crippen LogP contribution in [-0.4, -0.2) is 39.1 Å². The fraction of sp³-hybridized carbons (Fsp3) is 0.147. The Hall–Kier alpha value is -5.28. The number of carbonyl (C=O) groups is 2. The van der Waals surface area contributed by atoms with Crippen LogP contribution in [0.5, 0.6) is 17.2 Å². The predicted molar refractivity (Wildman–Crippen MR) is 177 cm³/mol. The number of halogens is 1. The first kappa shape index (κ1) is 33.2. The van der Waals surface area contributed by atoms with E-state index in [0.717, 1.165) is 23.1 Å². The second kappa shape index (κ2) is 15.8. The lowest BCUT2D eigenvalue weighted by Gasteiger charge is -2.14. The number of ether oxygens (including phenoxy) is 3. The number of carbonyl (C=O) groups excluding carboxylic acids is 2. The highest BCUT2D eigenvalue weighted by Crippen LogP contribution is 2.38. The van der Waals surface area contributed by atoms with Crippen LogP contribution in [0.4, 0.5) is 11.4 Å². The van der Waals surface area contributed by atoms with E-state index in [1.807, 2.05) is 43.3 Å². The van der Waals surface area contributed by atoms with E-state index in [-0.39, 0.29) is 29.8 Å². The Bertz CT molecular complexity index is 1630. The summed E-state index contributed by atoms with van der Waals surface area (Å²) in [5.74, 6) is 0.132. The van der Waals surface area contributed by atoms with Crippen molar-refractivity contribution in [3.63, 3.8) is 0 Å². The molecule has 10 heteroatoms. The number of rotatable bonds is 10. The molecule has 0 spiro atoms. The molecule has 0 aliphatic heterocycles. The van der Waals surface area contributed by atoms with Crippen molar-refractivity contribution in [2.45, 2.75) is 13.3 Å². The second-order valence-corrected chi connectivity index (χ2v) is 9.53. The number of nitrogens with zero attached hydrogens (tertiary/aromatic N) is 1. The van der Waals surface area contributed by atoms with Gasteiger partial charge in [0.2, 0.25) is 11.7 Å². The lowest BCUT2D eigenvalue weighted by molar-refractivity contribution is 0.0974. The van der Waals surface area contributed by atoms with Crippen molar-refractivity contribution in [2.75, 3.05) is 26.6 Å². The SMILES string of the molecule is COc1cc(C(=O)NC(N)=Nc2ccc(C)c(NC(=O)c3ccc(CC=Cc4ccccc4)cc3)c2)cc(OC)c1OC.Cl. The van der Waals surface area contributed by atoms with Crippen molar-refractivity contribution in [3.05, 3.63) is 119 Å². The maximum Gasteiger partial charge on any atom is 0.258 e. The number of anilines is 1. The number of allylic oxidation sites excluding steroid dienone is 1. The highest BCUT2D eigenvalue weighted by atomic mass is 35.5. The molecule has 0 radical (unpaired) electrons. The van der Waals surface area contributed by atoms with E-state index in [0.29, 0.717) is 34.2 Å². The highest BCUT2D eigenvalue weighted by Gasteiger charge is 2.17. The molecule has 0 atom stereocenters. The van der Waals surface area contributed by atoms with Gasteiger partial charge in [0, 0.05) is 16.8 Å². The first-order chi connectivity index (χ1) is 20.8. The molecule has 0 heterocycles. The van der Waals surface area contributed by atoms with Crippen LogP contribution in [0.3, 0.4) is 0 Å². The smallest absolute Gasteiger partial charge is 0.258 e. The van der Waals surface area contributed by atoms with E-state index < -0.39 is 5.91 Å². The van der Waals surface area contributed by atoms with Crippen LogP contribution in [0.1, 0.15) is 37.4 Å². The Morgan fingerprint density at radius 3 is 2.09 bits per heavy atom. The van der Waals surface area contributed by atoms with Gasteiger partial charge in [-0.1, -0.05) is 60.7 Å². The molecule has 0 saturated heterocycles. The Morgan fingerprint density at radius 1 is 0.818 bits per heavy atom. The van der Waals surface area contributed by atoms with Gasteiger partial charge in [0.25, 0.3) is 11.8 Å². The average Bonchev–Trinajstić information content (AvgIpc) is 3.02. The Balaban J connectivity index is 0.00000529. The summed E-state index contributed by atoms with van der Waals surface area (Å²) in [6.45, 7) is 1.88. The number of hydrogen-bond acceptors (Lipinski definition) is 6. The molecule has 0 unspecified atom stereocenters. The van der Waals surface area contributed by atoms with Gasteiger partial charge in [-0.25, -0.2) is 4.99 Å². The molecule has 0 aliphatic rings. The number of benzene rings is 4. The first-order valence-corrected chi connectivity index (χ1v) is 13.5. The molecule has 0 aliphatic carbocycles. The molecule has 228 valence electrons. The topological polar surface area (TPSA) is 124 Å². The predicted octanol–water partition coefficient (Wildman–Crippen LogP) is 6.33. The van der Waals surface area contributed by atoms with E-state index in [4.69, 9.17) is 19.9 Å². The third-order valence-corrected chi connectivity index (χ3v) is 6.57. The average molecular weight is 615 g/mol. The summed E-state index contributed by atoms with van der Waals surface area (Å²) in [6, 6.07) is 25.8. The second-order valence-electron chi connectivity index (χ2n) is 9.53. The summed E-state index contributed by atoms with van der Waals surface area (Å²) < 4.78 is 15.9. The summed E-state index contributed by atoms with van der Waals surface area (Å²) in [7, 11) is 4.40. The Labute approximate surface area is 263 Å². The van der Waals surface area contributed by atoms with E-state index in [1.165, 1.54) is 33.5 Å². The number of nitrogens with one attached hydrogen (secondary N) is 2. The summed E-state index contributed by atoms with van der Waals surface area (Å²) in [4.78, 5) is 30.2. The van der Waals surface area contributed by atoms with E-state index in [9.17, 15) is 9.59 Å². The minimum Gasteiger partial charge on any atom is -0.493 e. The minimum atomic E-state index is -0.514. The monoisotopic (exact) mass is 614 g/mol. The van der Waals surface area contributed by atoms with Gasteiger partial charge in [-0.3, -0.25) is 14.9 Å². The maximum absolute atomic E-state index is 13.0. The van der Waals surface area contributed by atoms with Crippen molar-refractivity contribution < 1.29 is 23.8 Å². The van der Waals surface area contributed by atoms with E-state index in [2.05, 4.69) is 39.9 Å². The number of amides is 2. The van der Waals surface area contributed by atoms with Crippen LogP contribution in [0.2, 0.25) is 0 Å². The number of hydrogen-bond donors (Lipinski definition) is 3. The molecule has 4 rings (SSSR count). The van der Waals surface area contributed by atoms with Gasteiger partial charge < -0.3 is 25.3 Å². The van der Waals surface area contributed by atoms with Crippen LogP contribution in [-0.2, 0) is 6.42 Å². The number of aryl methyl sites for hydroxylation is 1. The van der Waals surface area contributed by atoms with Crippen LogP contribution >= 0.6 is 12.4 Å². The maximum atomic E-state index is 13.0. The molecule has 0 fully saturated rings.